The van der Waals surface area contributed by atoms with E-state index in [1.54, 1.807) is 12.1 Å². The summed E-state index contributed by atoms with van der Waals surface area (Å²) in [6.45, 7) is 0. The summed E-state index contributed by atoms with van der Waals surface area (Å²) in [5, 5.41) is 9.76. The summed E-state index contributed by atoms with van der Waals surface area (Å²) in [6, 6.07) is 11.0. The molecule has 2 aromatic rings. The quantitative estimate of drug-likeness (QED) is 0.796. The fourth-order valence-electron chi connectivity index (χ4n) is 1.64. The first-order valence-corrected chi connectivity index (χ1v) is 6.67. The lowest BCUT2D eigenvalue weighted by molar-refractivity contribution is 0.469. The van der Waals surface area contributed by atoms with Crippen LogP contribution in [0.1, 0.15) is 11.1 Å². The molecule has 2 nitrogen and oxygen atoms in total. The van der Waals surface area contributed by atoms with Crippen LogP contribution in [0, 0.1) is 0 Å². The number of nitrogen functional groups attached to an aromatic ring is 1. The van der Waals surface area contributed by atoms with Gasteiger partial charge < -0.3 is 10.8 Å². The summed E-state index contributed by atoms with van der Waals surface area (Å²) in [4.78, 5) is 0. The van der Waals surface area contributed by atoms with Gasteiger partial charge in [-0.05, 0) is 61.2 Å². The van der Waals surface area contributed by atoms with Gasteiger partial charge >= 0.3 is 0 Å². The SMILES string of the molecule is Nc1ccc(Br)c(Br)c1Cc1ccccc1O. The zero-order chi connectivity index (χ0) is 12.4. The molecule has 0 saturated carbocycles. The highest BCUT2D eigenvalue weighted by molar-refractivity contribution is 9.13. The number of nitrogens with two attached hydrogens (primary N) is 1. The molecule has 3 N–H and O–H groups in total. The van der Waals surface area contributed by atoms with E-state index in [4.69, 9.17) is 5.73 Å². The highest BCUT2D eigenvalue weighted by Crippen LogP contribution is 2.33. The van der Waals surface area contributed by atoms with Crippen LogP contribution >= 0.6 is 31.9 Å². The number of benzene rings is 2. The number of aromatic hydroxyl groups is 1. The number of para-hydroxylation sites is 1. The van der Waals surface area contributed by atoms with Crippen LogP contribution < -0.4 is 5.73 Å². The fraction of sp³-hybridized carbons (Fsp3) is 0.0769. The normalized spacial score (nSPS) is 10.5. The van der Waals surface area contributed by atoms with Gasteiger partial charge in [-0.1, -0.05) is 18.2 Å². The van der Waals surface area contributed by atoms with Crippen molar-refractivity contribution in [3.63, 3.8) is 0 Å². The maximum absolute atomic E-state index is 9.76. The van der Waals surface area contributed by atoms with Crippen molar-refractivity contribution in [3.8, 4) is 5.75 Å². The van der Waals surface area contributed by atoms with Gasteiger partial charge in [0.1, 0.15) is 5.75 Å². The van der Waals surface area contributed by atoms with Crippen molar-refractivity contribution in [2.24, 2.45) is 0 Å². The largest absolute Gasteiger partial charge is 0.508 e. The minimum absolute atomic E-state index is 0.291. The average molecular weight is 357 g/mol. The molecule has 0 spiro atoms. The minimum Gasteiger partial charge on any atom is -0.508 e. The van der Waals surface area contributed by atoms with Gasteiger partial charge in [0.2, 0.25) is 0 Å². The third-order valence-corrected chi connectivity index (χ3v) is 4.69. The monoisotopic (exact) mass is 355 g/mol. The van der Waals surface area contributed by atoms with E-state index in [2.05, 4.69) is 31.9 Å². The van der Waals surface area contributed by atoms with Crippen molar-refractivity contribution in [1.82, 2.24) is 0 Å². The maximum Gasteiger partial charge on any atom is 0.119 e. The first-order valence-electron chi connectivity index (χ1n) is 5.09. The maximum atomic E-state index is 9.76. The third-order valence-electron chi connectivity index (χ3n) is 2.59. The van der Waals surface area contributed by atoms with Crippen LogP contribution in [0.3, 0.4) is 0 Å². The van der Waals surface area contributed by atoms with E-state index >= 15 is 0 Å². The zero-order valence-electron chi connectivity index (χ0n) is 8.95. The molecule has 0 atom stereocenters. The van der Waals surface area contributed by atoms with Crippen molar-refractivity contribution in [2.75, 3.05) is 5.73 Å². The van der Waals surface area contributed by atoms with Crippen LogP contribution in [-0.2, 0) is 6.42 Å². The van der Waals surface area contributed by atoms with Gasteiger partial charge in [0.15, 0.2) is 0 Å². The molecule has 88 valence electrons. The molecule has 4 heteroatoms. The third kappa shape index (κ3) is 2.64. The molecular weight excluding hydrogens is 346 g/mol. The molecule has 0 fully saturated rings. The number of hydrogen-bond donors (Lipinski definition) is 2. The molecule has 0 aliphatic carbocycles. The van der Waals surface area contributed by atoms with Crippen molar-refractivity contribution >= 4 is 37.5 Å². The van der Waals surface area contributed by atoms with Crippen LogP contribution in [0.2, 0.25) is 0 Å². The van der Waals surface area contributed by atoms with Crippen LogP contribution in [0.4, 0.5) is 5.69 Å². The Morgan fingerprint density at radius 3 is 2.47 bits per heavy atom. The van der Waals surface area contributed by atoms with Gasteiger partial charge in [-0.2, -0.15) is 0 Å². The molecule has 2 rings (SSSR count). The van der Waals surface area contributed by atoms with Gasteiger partial charge in [0.05, 0.1) is 0 Å². The fourth-order valence-corrected chi connectivity index (χ4v) is 2.51. The predicted molar refractivity (Wildman–Crippen MR) is 77.2 cm³/mol. The van der Waals surface area contributed by atoms with Crippen LogP contribution in [0.25, 0.3) is 0 Å². The van der Waals surface area contributed by atoms with Crippen molar-refractivity contribution in [2.45, 2.75) is 6.42 Å². The molecule has 0 aliphatic heterocycles. The molecular formula is C13H11Br2NO. The summed E-state index contributed by atoms with van der Waals surface area (Å²) in [5.41, 5.74) is 8.50. The van der Waals surface area contributed by atoms with Crippen molar-refractivity contribution in [3.05, 3.63) is 56.5 Å². The second-order valence-corrected chi connectivity index (χ2v) is 5.38. The second kappa shape index (κ2) is 5.10. The lowest BCUT2D eigenvalue weighted by Crippen LogP contribution is -1.98. The Bertz CT molecular complexity index is 555. The first-order chi connectivity index (χ1) is 8.09. The summed E-state index contributed by atoms with van der Waals surface area (Å²) in [7, 11) is 0. The Balaban J connectivity index is 2.43. The van der Waals surface area contributed by atoms with Gasteiger partial charge in [0.25, 0.3) is 0 Å². The van der Waals surface area contributed by atoms with E-state index in [0.29, 0.717) is 17.9 Å². The van der Waals surface area contributed by atoms with Crippen LogP contribution in [0.15, 0.2) is 45.3 Å². The summed E-state index contributed by atoms with van der Waals surface area (Å²) in [6.07, 6.45) is 0.596. The number of phenolic OH excluding ortho intramolecular Hbond substituents is 1. The summed E-state index contributed by atoms with van der Waals surface area (Å²) in [5.74, 6) is 0.291. The molecule has 0 saturated heterocycles. The van der Waals surface area contributed by atoms with E-state index in [-0.39, 0.29) is 0 Å². The molecule has 2 aromatic carbocycles. The average Bonchev–Trinajstić information content (AvgIpc) is 2.32. The molecule has 0 radical (unpaired) electrons. The smallest absolute Gasteiger partial charge is 0.119 e. The number of anilines is 1. The van der Waals surface area contributed by atoms with Crippen LogP contribution in [0.5, 0.6) is 5.75 Å². The van der Waals surface area contributed by atoms with Crippen LogP contribution in [-0.4, -0.2) is 5.11 Å². The lowest BCUT2D eigenvalue weighted by atomic mass is 10.0. The molecule has 17 heavy (non-hydrogen) atoms. The zero-order valence-corrected chi connectivity index (χ0v) is 12.1. The highest BCUT2D eigenvalue weighted by atomic mass is 79.9. The number of phenols is 1. The van der Waals surface area contributed by atoms with Gasteiger partial charge in [-0.25, -0.2) is 0 Å². The highest BCUT2D eigenvalue weighted by Gasteiger charge is 2.10. The van der Waals surface area contributed by atoms with Gasteiger partial charge in [-0.15, -0.1) is 0 Å². The molecule has 0 aromatic heterocycles. The van der Waals surface area contributed by atoms with Crippen molar-refractivity contribution < 1.29 is 5.11 Å². The molecule has 0 unspecified atom stereocenters. The van der Waals surface area contributed by atoms with E-state index in [1.807, 2.05) is 24.3 Å². The van der Waals surface area contributed by atoms with E-state index in [0.717, 1.165) is 20.1 Å². The number of hydrogen-bond acceptors (Lipinski definition) is 2. The van der Waals surface area contributed by atoms with Gasteiger partial charge in [-0.3, -0.25) is 0 Å². The van der Waals surface area contributed by atoms with Crippen molar-refractivity contribution in [1.29, 1.82) is 0 Å². The molecule has 0 heterocycles. The Labute approximate surface area is 117 Å². The molecule has 0 bridgehead atoms. The Kier molecular flexibility index (Phi) is 3.74. The lowest BCUT2D eigenvalue weighted by Gasteiger charge is -2.11. The molecule has 0 amide bonds. The summed E-state index contributed by atoms with van der Waals surface area (Å²) < 4.78 is 1.89. The standard InChI is InChI=1S/C13H11Br2NO/c14-10-5-6-11(16)9(13(10)15)7-8-3-1-2-4-12(8)17/h1-6,17H,7,16H2. The van der Waals surface area contributed by atoms with E-state index in [1.165, 1.54) is 0 Å². The number of rotatable bonds is 2. The second-order valence-electron chi connectivity index (χ2n) is 3.73. The summed E-state index contributed by atoms with van der Waals surface area (Å²) >= 11 is 6.95. The van der Waals surface area contributed by atoms with E-state index < -0.39 is 0 Å². The Morgan fingerprint density at radius 1 is 1.06 bits per heavy atom. The minimum atomic E-state index is 0.291. The predicted octanol–water partition coefficient (Wildman–Crippen LogP) is 4.09. The Hall–Kier alpha value is -1.00. The van der Waals surface area contributed by atoms with E-state index in [9.17, 15) is 5.11 Å². The Morgan fingerprint density at radius 2 is 1.76 bits per heavy atom. The van der Waals surface area contributed by atoms with Gasteiger partial charge in [0, 0.05) is 21.1 Å². The molecule has 0 aliphatic rings. The topological polar surface area (TPSA) is 46.2 Å². The first kappa shape index (κ1) is 12.5. The number of halogens is 2.